The zero-order valence-electron chi connectivity index (χ0n) is 16.4. The maximum Gasteiger partial charge on any atom is 0.344 e. The highest BCUT2D eigenvalue weighted by atomic mass is 16.6. The number of ether oxygens (including phenoxy) is 2. The van der Waals surface area contributed by atoms with Crippen molar-refractivity contribution in [3.05, 3.63) is 90.3 Å². The lowest BCUT2D eigenvalue weighted by Crippen LogP contribution is -2.14. The number of carbonyl (C=O) groups excluding carboxylic acids is 1. The predicted octanol–water partition coefficient (Wildman–Crippen LogP) is 4.83. The molecular weight excluding hydrogens is 380 g/mol. The lowest BCUT2D eigenvalue weighted by atomic mass is 10.1. The highest BCUT2D eigenvalue weighted by molar-refractivity contribution is 5.71. The summed E-state index contributed by atoms with van der Waals surface area (Å²) in [5.74, 6) is 0.770. The molecule has 0 aliphatic carbocycles. The molecule has 0 saturated carbocycles. The average Bonchev–Trinajstić information content (AvgIpc) is 3.26. The number of esters is 1. The van der Waals surface area contributed by atoms with Crippen molar-refractivity contribution >= 4 is 5.97 Å². The molecule has 0 bridgehead atoms. The fraction of sp³-hybridized carbons (Fsp3) is 0.125. The minimum absolute atomic E-state index is 0.103. The van der Waals surface area contributed by atoms with E-state index >= 15 is 0 Å². The molecule has 6 heteroatoms. The molecule has 4 rings (SSSR count). The van der Waals surface area contributed by atoms with Crippen LogP contribution in [0.2, 0.25) is 0 Å². The molecule has 150 valence electrons. The molecule has 0 aliphatic heterocycles. The van der Waals surface area contributed by atoms with Gasteiger partial charge in [0.1, 0.15) is 5.75 Å². The number of aryl methyl sites for hydroxylation is 1. The largest absolute Gasteiger partial charge is 0.482 e. The Morgan fingerprint density at radius 2 is 1.60 bits per heavy atom. The van der Waals surface area contributed by atoms with Gasteiger partial charge in [0.15, 0.2) is 13.2 Å². The third-order valence-corrected chi connectivity index (χ3v) is 4.53. The third-order valence-electron chi connectivity index (χ3n) is 4.53. The molecule has 0 radical (unpaired) electrons. The van der Waals surface area contributed by atoms with Crippen molar-refractivity contribution in [3.8, 4) is 28.3 Å². The van der Waals surface area contributed by atoms with E-state index in [1.165, 1.54) is 0 Å². The second kappa shape index (κ2) is 9.05. The normalized spacial score (nSPS) is 10.6. The number of rotatable bonds is 7. The molecule has 1 aromatic heterocycles. The van der Waals surface area contributed by atoms with Crippen LogP contribution in [0, 0.1) is 6.92 Å². The van der Waals surface area contributed by atoms with Crippen molar-refractivity contribution in [2.75, 3.05) is 6.61 Å². The van der Waals surface area contributed by atoms with E-state index in [-0.39, 0.29) is 19.1 Å². The van der Waals surface area contributed by atoms with Crippen molar-refractivity contribution in [2.24, 2.45) is 0 Å². The monoisotopic (exact) mass is 400 g/mol. The molecule has 0 fully saturated rings. The Hall–Kier alpha value is -3.93. The average molecular weight is 400 g/mol. The molecule has 6 nitrogen and oxygen atoms in total. The van der Waals surface area contributed by atoms with Crippen LogP contribution in [0.3, 0.4) is 0 Å². The SMILES string of the molecule is Cc1ccccc1-c1noc(COC(=O)COc2ccc(-c3ccccc3)cc2)n1. The molecule has 0 spiro atoms. The van der Waals surface area contributed by atoms with E-state index in [1.54, 1.807) is 0 Å². The van der Waals surface area contributed by atoms with Crippen molar-refractivity contribution in [3.63, 3.8) is 0 Å². The van der Waals surface area contributed by atoms with Crippen LogP contribution in [-0.2, 0) is 16.1 Å². The van der Waals surface area contributed by atoms with Gasteiger partial charge in [-0.1, -0.05) is 71.9 Å². The van der Waals surface area contributed by atoms with Crippen molar-refractivity contribution in [1.29, 1.82) is 0 Å². The van der Waals surface area contributed by atoms with Gasteiger partial charge in [0.25, 0.3) is 5.89 Å². The van der Waals surface area contributed by atoms with Gasteiger partial charge in [0, 0.05) is 5.56 Å². The topological polar surface area (TPSA) is 74.5 Å². The fourth-order valence-electron chi connectivity index (χ4n) is 2.95. The van der Waals surface area contributed by atoms with E-state index < -0.39 is 5.97 Å². The minimum Gasteiger partial charge on any atom is -0.482 e. The quantitative estimate of drug-likeness (QED) is 0.414. The molecule has 0 N–H and O–H groups in total. The van der Waals surface area contributed by atoms with Crippen LogP contribution in [0.25, 0.3) is 22.5 Å². The van der Waals surface area contributed by atoms with Gasteiger partial charge in [-0.15, -0.1) is 0 Å². The van der Waals surface area contributed by atoms with E-state index in [4.69, 9.17) is 14.0 Å². The summed E-state index contributed by atoms with van der Waals surface area (Å²) in [5.41, 5.74) is 4.11. The lowest BCUT2D eigenvalue weighted by molar-refractivity contribution is -0.148. The number of nitrogens with zero attached hydrogens (tertiary/aromatic N) is 2. The Kier molecular flexibility index (Phi) is 5.85. The first-order valence-electron chi connectivity index (χ1n) is 9.51. The number of hydrogen-bond acceptors (Lipinski definition) is 6. The molecule has 30 heavy (non-hydrogen) atoms. The maximum atomic E-state index is 12.0. The maximum absolute atomic E-state index is 12.0. The summed E-state index contributed by atoms with van der Waals surface area (Å²) in [4.78, 5) is 16.2. The van der Waals surface area contributed by atoms with Gasteiger partial charge >= 0.3 is 5.97 Å². The van der Waals surface area contributed by atoms with Gasteiger partial charge in [-0.2, -0.15) is 4.98 Å². The molecular formula is C24H20N2O4. The highest BCUT2D eigenvalue weighted by Crippen LogP contribution is 2.22. The molecule has 0 saturated heterocycles. The number of benzene rings is 3. The van der Waals surface area contributed by atoms with Crippen LogP contribution in [0.1, 0.15) is 11.5 Å². The first kappa shape index (κ1) is 19.4. The lowest BCUT2D eigenvalue weighted by Gasteiger charge is -2.07. The summed E-state index contributed by atoms with van der Waals surface area (Å²) >= 11 is 0. The Morgan fingerprint density at radius 3 is 2.37 bits per heavy atom. The number of aromatic nitrogens is 2. The van der Waals surface area contributed by atoms with Crippen LogP contribution in [0.5, 0.6) is 5.75 Å². The predicted molar refractivity (Wildman–Crippen MR) is 112 cm³/mol. The third kappa shape index (κ3) is 4.72. The molecule has 0 amide bonds. The first-order chi connectivity index (χ1) is 14.7. The fourth-order valence-corrected chi connectivity index (χ4v) is 2.95. The van der Waals surface area contributed by atoms with Gasteiger partial charge in [-0.05, 0) is 35.7 Å². The Bertz CT molecular complexity index is 1120. The van der Waals surface area contributed by atoms with Crippen molar-refractivity contribution < 1.29 is 18.8 Å². The Labute approximate surface area is 174 Å². The minimum atomic E-state index is -0.516. The molecule has 4 aromatic rings. The molecule has 1 heterocycles. The number of hydrogen-bond donors (Lipinski definition) is 0. The van der Waals surface area contributed by atoms with E-state index in [2.05, 4.69) is 10.1 Å². The van der Waals surface area contributed by atoms with Crippen LogP contribution in [0.4, 0.5) is 0 Å². The standard InChI is InChI=1S/C24H20N2O4/c1-17-7-5-6-10-21(17)24-25-22(30-26-24)15-29-23(27)16-28-20-13-11-19(12-14-20)18-8-3-2-4-9-18/h2-14H,15-16H2,1H3. The van der Waals surface area contributed by atoms with Gasteiger partial charge in [-0.3, -0.25) is 0 Å². The smallest absolute Gasteiger partial charge is 0.344 e. The summed E-state index contributed by atoms with van der Waals surface area (Å²) in [6.45, 7) is 1.66. The van der Waals surface area contributed by atoms with Gasteiger partial charge in [0.05, 0.1) is 0 Å². The summed E-state index contributed by atoms with van der Waals surface area (Å²) in [6.07, 6.45) is 0. The van der Waals surface area contributed by atoms with Gasteiger partial charge < -0.3 is 14.0 Å². The highest BCUT2D eigenvalue weighted by Gasteiger charge is 2.13. The zero-order valence-corrected chi connectivity index (χ0v) is 16.4. The molecule has 0 aliphatic rings. The van der Waals surface area contributed by atoms with Crippen LogP contribution in [-0.4, -0.2) is 22.7 Å². The van der Waals surface area contributed by atoms with E-state index in [9.17, 15) is 4.79 Å². The zero-order chi connectivity index (χ0) is 20.8. The van der Waals surface area contributed by atoms with Crippen LogP contribution >= 0.6 is 0 Å². The second-order valence-electron chi connectivity index (χ2n) is 6.67. The van der Waals surface area contributed by atoms with Crippen molar-refractivity contribution in [2.45, 2.75) is 13.5 Å². The summed E-state index contributed by atoms with van der Waals surface area (Å²) in [7, 11) is 0. The van der Waals surface area contributed by atoms with Gasteiger partial charge in [0.2, 0.25) is 5.82 Å². The van der Waals surface area contributed by atoms with E-state index in [1.807, 2.05) is 85.8 Å². The van der Waals surface area contributed by atoms with E-state index in [0.717, 1.165) is 22.3 Å². The summed E-state index contributed by atoms with van der Waals surface area (Å²) < 4.78 is 15.8. The summed E-state index contributed by atoms with van der Waals surface area (Å²) in [5, 5.41) is 3.94. The number of carbonyl (C=O) groups is 1. The van der Waals surface area contributed by atoms with Crippen LogP contribution < -0.4 is 4.74 Å². The molecule has 0 atom stereocenters. The summed E-state index contributed by atoms with van der Waals surface area (Å²) in [6, 6.07) is 25.3. The van der Waals surface area contributed by atoms with E-state index in [0.29, 0.717) is 11.6 Å². The molecule has 0 unspecified atom stereocenters. The van der Waals surface area contributed by atoms with Gasteiger partial charge in [-0.25, -0.2) is 4.79 Å². The Morgan fingerprint density at radius 1 is 0.900 bits per heavy atom. The second-order valence-corrected chi connectivity index (χ2v) is 6.67. The van der Waals surface area contributed by atoms with Crippen LogP contribution in [0.15, 0.2) is 83.4 Å². The molecule has 3 aromatic carbocycles. The Balaban J connectivity index is 1.27. The first-order valence-corrected chi connectivity index (χ1v) is 9.51. The van der Waals surface area contributed by atoms with Crippen molar-refractivity contribution in [1.82, 2.24) is 10.1 Å².